The third-order valence-corrected chi connectivity index (χ3v) is 12.7. The van der Waals surface area contributed by atoms with Crippen LogP contribution in [0.25, 0.3) is 0 Å². The van der Waals surface area contributed by atoms with Crippen molar-refractivity contribution in [2.75, 3.05) is 31.2 Å². The van der Waals surface area contributed by atoms with E-state index >= 15 is 0 Å². The topological polar surface area (TPSA) is 206 Å². The van der Waals surface area contributed by atoms with E-state index in [1.807, 2.05) is 0 Å². The van der Waals surface area contributed by atoms with Crippen molar-refractivity contribution in [1.82, 2.24) is 16.0 Å². The summed E-state index contributed by atoms with van der Waals surface area (Å²) in [6, 6.07) is -2.49. The van der Waals surface area contributed by atoms with Crippen molar-refractivity contribution in [3.63, 3.8) is 0 Å². The molecule has 0 bridgehead atoms. The summed E-state index contributed by atoms with van der Waals surface area (Å²) < 4.78 is 11.0. The first-order chi connectivity index (χ1) is 30.6. The highest BCUT2D eigenvalue weighted by Crippen LogP contribution is 2.16. The number of ether oxygens (including phenoxy) is 2. The van der Waals surface area contributed by atoms with Gasteiger partial charge in [0.25, 0.3) is 0 Å². The molecule has 0 saturated heterocycles. The number of hydrogen-bond donors (Lipinski definition) is 6. The second-order valence-electron chi connectivity index (χ2n) is 17.6. The minimum absolute atomic E-state index is 0.0588. The minimum Gasteiger partial charge on any atom is -0.481 e. The molecule has 0 fully saturated rings. The molecule has 63 heavy (non-hydrogen) atoms. The number of alkyl carbamates (subject to hydrolysis) is 2. The lowest BCUT2D eigenvalue weighted by molar-refractivity contribution is -0.143. The van der Waals surface area contributed by atoms with Gasteiger partial charge < -0.3 is 41.4 Å². The molecule has 14 heteroatoms. The Kier molecular flexibility index (Phi) is 43.8. The van der Waals surface area contributed by atoms with Crippen molar-refractivity contribution in [2.24, 2.45) is 5.73 Å². The van der Waals surface area contributed by atoms with Gasteiger partial charge in [0.2, 0.25) is 5.91 Å². The average molecular weight is 915 g/mol. The van der Waals surface area contributed by atoms with Gasteiger partial charge in [0, 0.05) is 31.0 Å². The standard InChI is InChI=1S/C49H94N4O9S/c1-3-5-7-9-11-13-15-17-19-21-23-25-27-29-31-33-37-51-48(59)61-39-42(40-63-41-43(50)46(56)53-44(47(57)58)35-36-45(54)55)62-49(60)52-38-34-32-30-28-26-24-22-20-18-16-14-12-10-8-6-4-2/h42-44H,3-41,50H2,1-2H3,(H,51,59)(H,52,60)(H,53,56)(H,54,55)(H,57,58)/t42-,43+,44+/m1/s1. The van der Waals surface area contributed by atoms with Gasteiger partial charge in [-0.25, -0.2) is 14.4 Å². The Balaban J connectivity index is 4.47. The van der Waals surface area contributed by atoms with Crippen LogP contribution in [0, 0.1) is 0 Å². The van der Waals surface area contributed by atoms with E-state index in [4.69, 9.17) is 20.3 Å². The Labute approximate surface area is 387 Å². The third kappa shape index (κ3) is 42.9. The first kappa shape index (κ1) is 60.3. The molecule has 0 rings (SSSR count). The Hall–Kier alpha value is -2.74. The van der Waals surface area contributed by atoms with Crippen molar-refractivity contribution in [3.05, 3.63) is 0 Å². The van der Waals surface area contributed by atoms with E-state index in [9.17, 15) is 29.1 Å². The second-order valence-corrected chi connectivity index (χ2v) is 18.6. The van der Waals surface area contributed by atoms with E-state index in [1.54, 1.807) is 0 Å². The van der Waals surface area contributed by atoms with Crippen molar-refractivity contribution >= 4 is 41.8 Å². The van der Waals surface area contributed by atoms with Crippen LogP contribution in [0.2, 0.25) is 0 Å². The number of hydrogen-bond acceptors (Lipinski definition) is 9. The molecule has 370 valence electrons. The first-order valence-electron chi connectivity index (χ1n) is 25.5. The zero-order valence-corrected chi connectivity index (χ0v) is 40.9. The maximum absolute atomic E-state index is 12.7. The fourth-order valence-electron chi connectivity index (χ4n) is 7.46. The normalized spacial score (nSPS) is 12.6. The Bertz CT molecular complexity index is 1120. The van der Waals surface area contributed by atoms with E-state index in [0.29, 0.717) is 13.1 Å². The van der Waals surface area contributed by atoms with E-state index < -0.39 is 54.6 Å². The van der Waals surface area contributed by atoms with Crippen LogP contribution in [0.3, 0.4) is 0 Å². The van der Waals surface area contributed by atoms with E-state index in [-0.39, 0.29) is 24.5 Å². The maximum Gasteiger partial charge on any atom is 0.407 e. The van der Waals surface area contributed by atoms with Gasteiger partial charge in [0.15, 0.2) is 0 Å². The van der Waals surface area contributed by atoms with Crippen molar-refractivity contribution in [1.29, 1.82) is 0 Å². The molecule has 0 saturated carbocycles. The molecule has 3 atom stereocenters. The molecule has 0 aromatic carbocycles. The number of rotatable bonds is 47. The van der Waals surface area contributed by atoms with Crippen LogP contribution in [0.15, 0.2) is 0 Å². The Morgan fingerprint density at radius 2 is 0.889 bits per heavy atom. The van der Waals surface area contributed by atoms with Gasteiger partial charge in [-0.1, -0.05) is 206 Å². The van der Waals surface area contributed by atoms with Crippen LogP contribution in [-0.2, 0) is 23.9 Å². The molecule has 0 aliphatic rings. The number of carbonyl (C=O) groups is 5. The predicted octanol–water partition coefficient (Wildman–Crippen LogP) is 11.8. The summed E-state index contributed by atoms with van der Waals surface area (Å²) in [5.74, 6) is -3.04. The SMILES string of the molecule is CCCCCCCCCCCCCCCCCCNC(=O)OC[C@H](CSC[C@H](N)C(=O)N[C@@H](CCC(=O)O)C(=O)O)OC(=O)NCCCCCCCCCCCCCCCCCC. The van der Waals surface area contributed by atoms with Crippen LogP contribution in [0.5, 0.6) is 0 Å². The molecule has 3 amide bonds. The van der Waals surface area contributed by atoms with E-state index in [1.165, 1.54) is 179 Å². The lowest BCUT2D eigenvalue weighted by Gasteiger charge is -2.20. The van der Waals surface area contributed by atoms with Gasteiger partial charge in [-0.3, -0.25) is 9.59 Å². The zero-order chi connectivity index (χ0) is 46.4. The fourth-order valence-corrected chi connectivity index (χ4v) is 8.43. The number of carbonyl (C=O) groups excluding carboxylic acids is 3. The molecule has 0 aliphatic heterocycles. The van der Waals surface area contributed by atoms with Crippen LogP contribution in [0.4, 0.5) is 9.59 Å². The number of carboxylic acids is 2. The van der Waals surface area contributed by atoms with Crippen LogP contribution in [0.1, 0.15) is 232 Å². The minimum atomic E-state index is -1.38. The Morgan fingerprint density at radius 3 is 1.25 bits per heavy atom. The molecule has 0 heterocycles. The highest BCUT2D eigenvalue weighted by Gasteiger charge is 2.25. The highest BCUT2D eigenvalue weighted by atomic mass is 32.2. The molecule has 13 nitrogen and oxygen atoms in total. The summed E-state index contributed by atoms with van der Waals surface area (Å²) in [6.07, 6.45) is 37.9. The van der Waals surface area contributed by atoms with Crippen LogP contribution < -0.4 is 21.7 Å². The van der Waals surface area contributed by atoms with Gasteiger partial charge in [-0.15, -0.1) is 0 Å². The largest absolute Gasteiger partial charge is 0.481 e. The molecular formula is C49H94N4O9S. The summed E-state index contributed by atoms with van der Waals surface area (Å²) in [4.78, 5) is 60.2. The summed E-state index contributed by atoms with van der Waals surface area (Å²) in [5, 5.41) is 26.1. The molecule has 0 radical (unpaired) electrons. The number of thioether (sulfide) groups is 1. The lowest BCUT2D eigenvalue weighted by atomic mass is 10.0. The molecule has 0 aromatic rings. The summed E-state index contributed by atoms with van der Waals surface area (Å²) in [7, 11) is 0. The zero-order valence-electron chi connectivity index (χ0n) is 40.0. The Morgan fingerprint density at radius 1 is 0.524 bits per heavy atom. The fraction of sp³-hybridized carbons (Fsp3) is 0.898. The van der Waals surface area contributed by atoms with Crippen LogP contribution in [-0.4, -0.2) is 89.6 Å². The van der Waals surface area contributed by atoms with Gasteiger partial charge >= 0.3 is 24.1 Å². The molecule has 0 unspecified atom stereocenters. The molecule has 0 aromatic heterocycles. The monoisotopic (exact) mass is 915 g/mol. The first-order valence-corrected chi connectivity index (χ1v) is 26.7. The van der Waals surface area contributed by atoms with Gasteiger partial charge in [-0.05, 0) is 19.3 Å². The summed E-state index contributed by atoms with van der Waals surface area (Å²) in [6.45, 7) is 5.28. The van der Waals surface area contributed by atoms with Gasteiger partial charge in [0.05, 0.1) is 6.04 Å². The molecule has 0 aliphatic carbocycles. The maximum atomic E-state index is 12.7. The number of amides is 3. The second kappa shape index (κ2) is 45.8. The highest BCUT2D eigenvalue weighted by molar-refractivity contribution is 7.99. The van der Waals surface area contributed by atoms with E-state index in [0.717, 1.165) is 38.5 Å². The van der Waals surface area contributed by atoms with Gasteiger partial charge in [-0.2, -0.15) is 11.8 Å². The smallest absolute Gasteiger partial charge is 0.407 e. The van der Waals surface area contributed by atoms with Crippen molar-refractivity contribution < 1.29 is 43.7 Å². The molecular weight excluding hydrogens is 821 g/mol. The van der Waals surface area contributed by atoms with Crippen molar-refractivity contribution in [3.8, 4) is 0 Å². The third-order valence-electron chi connectivity index (χ3n) is 11.5. The summed E-state index contributed by atoms with van der Waals surface area (Å²) >= 11 is 1.19. The average Bonchev–Trinajstić information content (AvgIpc) is 3.25. The van der Waals surface area contributed by atoms with Crippen molar-refractivity contribution in [2.45, 2.75) is 250 Å². The molecule has 0 spiro atoms. The van der Waals surface area contributed by atoms with Gasteiger partial charge in [0.1, 0.15) is 18.8 Å². The number of carboxylic acid groups (broad SMARTS) is 2. The van der Waals surface area contributed by atoms with Crippen LogP contribution >= 0.6 is 11.8 Å². The van der Waals surface area contributed by atoms with E-state index in [2.05, 4.69) is 29.8 Å². The quantitative estimate of drug-likeness (QED) is 0.0317. The number of unbranched alkanes of at least 4 members (excludes halogenated alkanes) is 30. The number of nitrogens with two attached hydrogens (primary N) is 1. The molecule has 7 N–H and O–H groups in total. The number of nitrogens with one attached hydrogen (secondary N) is 3. The predicted molar refractivity (Wildman–Crippen MR) is 258 cm³/mol. The summed E-state index contributed by atoms with van der Waals surface area (Å²) in [5.41, 5.74) is 6.01. The lowest BCUT2D eigenvalue weighted by Crippen LogP contribution is -2.49. The number of aliphatic carboxylic acids is 2.